The molecule has 2 rings (SSSR count). The Kier molecular flexibility index (Phi) is 3.94. The SMILES string of the molecule is CCC(C)C(Cn1nnc2c(cnn2C)c1=O)NC. The van der Waals surface area contributed by atoms with E-state index in [-0.39, 0.29) is 11.6 Å². The standard InChI is InChI=1S/C12H20N6O/c1-5-8(2)10(13-3)7-18-12(19)9-6-14-17(4)11(9)15-16-18/h6,8,10,13H,5,7H2,1-4H3. The van der Waals surface area contributed by atoms with Crippen LogP contribution in [0.2, 0.25) is 0 Å². The average molecular weight is 264 g/mol. The summed E-state index contributed by atoms with van der Waals surface area (Å²) in [7, 11) is 3.65. The molecule has 7 heteroatoms. The summed E-state index contributed by atoms with van der Waals surface area (Å²) in [6.45, 7) is 4.80. The van der Waals surface area contributed by atoms with Gasteiger partial charge in [-0.2, -0.15) is 5.10 Å². The molecule has 0 bridgehead atoms. The lowest BCUT2D eigenvalue weighted by molar-refractivity contribution is 0.326. The highest BCUT2D eigenvalue weighted by Crippen LogP contribution is 2.09. The van der Waals surface area contributed by atoms with E-state index in [0.29, 0.717) is 23.5 Å². The Bertz CT molecular complexity index is 616. The van der Waals surface area contributed by atoms with Gasteiger partial charge in [-0.3, -0.25) is 4.79 Å². The quantitative estimate of drug-likeness (QED) is 0.832. The van der Waals surface area contributed by atoms with Gasteiger partial charge in [0.25, 0.3) is 5.56 Å². The summed E-state index contributed by atoms with van der Waals surface area (Å²) < 4.78 is 2.97. The molecule has 0 aliphatic rings. The van der Waals surface area contributed by atoms with E-state index in [9.17, 15) is 4.79 Å². The van der Waals surface area contributed by atoms with Crippen LogP contribution in [0.5, 0.6) is 0 Å². The predicted molar refractivity (Wildman–Crippen MR) is 72.9 cm³/mol. The maximum Gasteiger partial charge on any atom is 0.280 e. The van der Waals surface area contributed by atoms with Crippen LogP contribution in [-0.4, -0.2) is 37.9 Å². The van der Waals surface area contributed by atoms with E-state index in [4.69, 9.17) is 0 Å². The molecular formula is C12H20N6O. The number of fused-ring (bicyclic) bond motifs is 1. The molecule has 0 amide bonds. The second kappa shape index (κ2) is 5.48. The fourth-order valence-corrected chi connectivity index (χ4v) is 2.12. The highest BCUT2D eigenvalue weighted by atomic mass is 16.1. The lowest BCUT2D eigenvalue weighted by atomic mass is 9.99. The van der Waals surface area contributed by atoms with E-state index in [1.54, 1.807) is 17.9 Å². The lowest BCUT2D eigenvalue weighted by Crippen LogP contribution is -2.40. The van der Waals surface area contributed by atoms with E-state index >= 15 is 0 Å². The molecule has 0 aliphatic carbocycles. The van der Waals surface area contributed by atoms with Gasteiger partial charge in [-0.05, 0) is 13.0 Å². The molecule has 2 atom stereocenters. The first-order valence-electron chi connectivity index (χ1n) is 6.51. The van der Waals surface area contributed by atoms with Gasteiger partial charge in [-0.15, -0.1) is 5.10 Å². The van der Waals surface area contributed by atoms with Crippen LogP contribution in [0, 0.1) is 5.92 Å². The molecule has 0 aromatic carbocycles. The van der Waals surface area contributed by atoms with Gasteiger partial charge in [0, 0.05) is 13.1 Å². The van der Waals surface area contributed by atoms with Gasteiger partial charge in [-0.1, -0.05) is 25.5 Å². The molecule has 104 valence electrons. The predicted octanol–water partition coefficient (Wildman–Crippen LogP) is 0.159. The van der Waals surface area contributed by atoms with E-state index < -0.39 is 0 Å². The zero-order chi connectivity index (χ0) is 14.0. The summed E-state index contributed by atoms with van der Waals surface area (Å²) in [6.07, 6.45) is 2.59. The fourth-order valence-electron chi connectivity index (χ4n) is 2.12. The summed E-state index contributed by atoms with van der Waals surface area (Å²) in [5.74, 6) is 0.461. The first-order valence-corrected chi connectivity index (χ1v) is 6.51. The lowest BCUT2D eigenvalue weighted by Gasteiger charge is -2.22. The average Bonchev–Trinajstić information content (AvgIpc) is 2.80. The Hall–Kier alpha value is -1.76. The number of aromatic nitrogens is 5. The largest absolute Gasteiger partial charge is 0.315 e. The molecule has 0 fully saturated rings. The summed E-state index contributed by atoms with van der Waals surface area (Å²) in [5.41, 5.74) is 0.382. The minimum Gasteiger partial charge on any atom is -0.315 e. The zero-order valence-electron chi connectivity index (χ0n) is 11.8. The Labute approximate surface area is 111 Å². The van der Waals surface area contributed by atoms with Crippen molar-refractivity contribution in [1.82, 2.24) is 30.1 Å². The second-order valence-corrected chi connectivity index (χ2v) is 4.86. The van der Waals surface area contributed by atoms with Crippen molar-refractivity contribution < 1.29 is 0 Å². The number of aryl methyl sites for hydroxylation is 1. The van der Waals surface area contributed by atoms with Gasteiger partial charge in [0.15, 0.2) is 5.65 Å². The van der Waals surface area contributed by atoms with Crippen molar-refractivity contribution in [1.29, 1.82) is 0 Å². The third-order valence-corrected chi connectivity index (χ3v) is 3.69. The molecule has 0 saturated carbocycles. The third-order valence-electron chi connectivity index (χ3n) is 3.69. The third kappa shape index (κ3) is 2.51. The van der Waals surface area contributed by atoms with Crippen molar-refractivity contribution >= 4 is 11.0 Å². The molecule has 2 heterocycles. The van der Waals surface area contributed by atoms with Crippen molar-refractivity contribution in [3.63, 3.8) is 0 Å². The van der Waals surface area contributed by atoms with Crippen LogP contribution < -0.4 is 10.9 Å². The molecule has 7 nitrogen and oxygen atoms in total. The van der Waals surface area contributed by atoms with E-state index in [1.807, 2.05) is 7.05 Å². The minimum atomic E-state index is -0.137. The molecule has 2 aromatic rings. The molecule has 2 unspecified atom stereocenters. The van der Waals surface area contributed by atoms with Gasteiger partial charge in [-0.25, -0.2) is 9.36 Å². The van der Waals surface area contributed by atoms with Gasteiger partial charge >= 0.3 is 0 Å². The zero-order valence-corrected chi connectivity index (χ0v) is 11.8. The Morgan fingerprint density at radius 1 is 1.47 bits per heavy atom. The first-order chi connectivity index (χ1) is 9.08. The van der Waals surface area contributed by atoms with Crippen LogP contribution in [0.1, 0.15) is 20.3 Å². The maximum absolute atomic E-state index is 12.3. The molecule has 0 aliphatic heterocycles. The number of hydrogen-bond donors (Lipinski definition) is 1. The smallest absolute Gasteiger partial charge is 0.280 e. The Balaban J connectivity index is 2.35. The molecule has 0 saturated heterocycles. The van der Waals surface area contributed by atoms with Crippen molar-refractivity contribution in [3.05, 3.63) is 16.6 Å². The summed E-state index contributed by atoms with van der Waals surface area (Å²) in [6, 6.07) is 0.200. The summed E-state index contributed by atoms with van der Waals surface area (Å²) >= 11 is 0. The molecular weight excluding hydrogens is 244 g/mol. The monoisotopic (exact) mass is 264 g/mol. The number of rotatable bonds is 5. The summed E-state index contributed by atoms with van der Waals surface area (Å²) in [4.78, 5) is 12.3. The number of hydrogen-bond acceptors (Lipinski definition) is 5. The molecule has 1 N–H and O–H groups in total. The van der Waals surface area contributed by atoms with Crippen molar-refractivity contribution in [3.8, 4) is 0 Å². The fraction of sp³-hybridized carbons (Fsp3) is 0.667. The van der Waals surface area contributed by atoms with Crippen LogP contribution in [0.25, 0.3) is 11.0 Å². The van der Waals surface area contributed by atoms with Crippen LogP contribution in [-0.2, 0) is 13.6 Å². The second-order valence-electron chi connectivity index (χ2n) is 4.86. The number of nitrogens with one attached hydrogen (secondary N) is 1. The first kappa shape index (κ1) is 13.7. The Morgan fingerprint density at radius 2 is 2.21 bits per heavy atom. The van der Waals surface area contributed by atoms with Crippen LogP contribution in [0.15, 0.2) is 11.0 Å². The van der Waals surface area contributed by atoms with Gasteiger partial charge in [0.2, 0.25) is 0 Å². The summed E-state index contributed by atoms with van der Waals surface area (Å²) in [5, 5.41) is 15.8. The number of likely N-dealkylation sites (N-methyl/N-ethyl adjacent to an activating group) is 1. The van der Waals surface area contributed by atoms with Crippen molar-refractivity contribution in [2.24, 2.45) is 13.0 Å². The van der Waals surface area contributed by atoms with Crippen molar-refractivity contribution in [2.45, 2.75) is 32.9 Å². The molecule has 0 spiro atoms. The van der Waals surface area contributed by atoms with E-state index in [0.717, 1.165) is 6.42 Å². The van der Waals surface area contributed by atoms with Gasteiger partial charge in [0.1, 0.15) is 5.39 Å². The molecule has 2 aromatic heterocycles. The topological polar surface area (TPSA) is 77.6 Å². The van der Waals surface area contributed by atoms with E-state index in [2.05, 4.69) is 34.6 Å². The van der Waals surface area contributed by atoms with Gasteiger partial charge < -0.3 is 5.32 Å². The highest BCUT2D eigenvalue weighted by molar-refractivity contribution is 5.72. The minimum absolute atomic E-state index is 0.137. The Morgan fingerprint density at radius 3 is 2.84 bits per heavy atom. The maximum atomic E-state index is 12.3. The van der Waals surface area contributed by atoms with Crippen LogP contribution in [0.3, 0.4) is 0 Å². The normalized spacial score (nSPS) is 14.7. The number of nitrogens with zero attached hydrogens (tertiary/aromatic N) is 5. The molecule has 0 radical (unpaired) electrons. The van der Waals surface area contributed by atoms with E-state index in [1.165, 1.54) is 4.68 Å². The van der Waals surface area contributed by atoms with Crippen LogP contribution in [0.4, 0.5) is 0 Å². The van der Waals surface area contributed by atoms with Crippen LogP contribution >= 0.6 is 0 Å². The van der Waals surface area contributed by atoms with Crippen molar-refractivity contribution in [2.75, 3.05) is 7.05 Å². The molecule has 19 heavy (non-hydrogen) atoms. The highest BCUT2D eigenvalue weighted by Gasteiger charge is 2.17. The van der Waals surface area contributed by atoms with Gasteiger partial charge in [0.05, 0.1) is 12.7 Å².